The molecule has 3 aromatic carbocycles. The van der Waals surface area contributed by atoms with Crippen molar-refractivity contribution in [3.05, 3.63) is 96.1 Å². The first-order valence-corrected chi connectivity index (χ1v) is 12.1. The lowest BCUT2D eigenvalue weighted by molar-refractivity contribution is 0.0435. The molecule has 2 atom stereocenters. The fourth-order valence-electron chi connectivity index (χ4n) is 4.66. The first-order valence-electron chi connectivity index (χ1n) is 10.5. The summed E-state index contributed by atoms with van der Waals surface area (Å²) < 4.78 is 27.4. The average Bonchev–Trinajstić information content (AvgIpc) is 3.11. The van der Waals surface area contributed by atoms with Gasteiger partial charge < -0.3 is 0 Å². The van der Waals surface area contributed by atoms with Crippen molar-refractivity contribution < 1.29 is 8.42 Å². The maximum Gasteiger partial charge on any atom is 0.218 e. The van der Waals surface area contributed by atoms with Crippen LogP contribution in [0.2, 0.25) is 0 Å². The van der Waals surface area contributed by atoms with Crippen LogP contribution in [0, 0.1) is 5.92 Å². The number of rotatable bonds is 6. The minimum atomic E-state index is -3.26. The van der Waals surface area contributed by atoms with E-state index in [0.717, 1.165) is 18.7 Å². The lowest BCUT2D eigenvalue weighted by Crippen LogP contribution is -2.54. The van der Waals surface area contributed by atoms with Crippen LogP contribution in [0.1, 0.15) is 11.1 Å². The molecule has 0 radical (unpaired) electrons. The number of fused-ring (bicyclic) bond motifs is 1. The van der Waals surface area contributed by atoms with Crippen LogP contribution >= 0.6 is 0 Å². The summed E-state index contributed by atoms with van der Waals surface area (Å²) >= 11 is 0. The molecule has 0 saturated carbocycles. The van der Waals surface area contributed by atoms with E-state index in [1.807, 2.05) is 36.4 Å². The normalized spacial score (nSPS) is 21.9. The van der Waals surface area contributed by atoms with Crippen LogP contribution in [0.25, 0.3) is 11.1 Å². The van der Waals surface area contributed by atoms with Crippen molar-refractivity contribution in [2.24, 2.45) is 5.92 Å². The summed E-state index contributed by atoms with van der Waals surface area (Å²) in [5, 5.41) is 0. The lowest BCUT2D eigenvalue weighted by Gasteiger charge is -2.43. The van der Waals surface area contributed by atoms with Crippen LogP contribution in [-0.4, -0.2) is 43.3 Å². The van der Waals surface area contributed by atoms with Gasteiger partial charge in [-0.3, -0.25) is 4.90 Å². The molecule has 2 heterocycles. The summed E-state index contributed by atoms with van der Waals surface area (Å²) in [6, 6.07) is 28.9. The van der Waals surface area contributed by atoms with E-state index in [9.17, 15) is 8.42 Å². The molecule has 5 rings (SSSR count). The monoisotopic (exact) mass is 418 g/mol. The average molecular weight is 419 g/mol. The van der Waals surface area contributed by atoms with E-state index < -0.39 is 10.0 Å². The van der Waals surface area contributed by atoms with Gasteiger partial charge in [0, 0.05) is 38.1 Å². The molecule has 0 N–H and O–H groups in total. The number of benzene rings is 3. The molecule has 0 spiro atoms. The van der Waals surface area contributed by atoms with Crippen molar-refractivity contribution in [3.8, 4) is 11.1 Å². The Balaban J connectivity index is 1.20. The van der Waals surface area contributed by atoms with Gasteiger partial charge in [0.15, 0.2) is 0 Å². The van der Waals surface area contributed by atoms with Gasteiger partial charge in [0.25, 0.3) is 0 Å². The third-order valence-electron chi connectivity index (χ3n) is 6.34. The molecule has 2 fully saturated rings. The van der Waals surface area contributed by atoms with Crippen molar-refractivity contribution in [3.63, 3.8) is 0 Å². The standard InChI is InChI=1S/C25H26N2O2S/c28-30(29,19-21-7-3-1-4-8-21)27-17-24-16-26(25(24)18-27)15-20-11-13-23(14-12-20)22-9-5-2-6-10-22/h1-14,24-25H,15-19H2/t24-,25-/m1/s1. The summed E-state index contributed by atoms with van der Waals surface area (Å²) in [5.41, 5.74) is 4.58. The van der Waals surface area contributed by atoms with Crippen molar-refractivity contribution in [2.75, 3.05) is 19.6 Å². The zero-order valence-electron chi connectivity index (χ0n) is 16.9. The van der Waals surface area contributed by atoms with Crippen LogP contribution in [0.5, 0.6) is 0 Å². The molecule has 0 bridgehead atoms. The predicted octanol–water partition coefficient (Wildman–Crippen LogP) is 4.00. The molecule has 4 nitrogen and oxygen atoms in total. The number of sulfonamides is 1. The quantitative estimate of drug-likeness (QED) is 0.608. The number of hydrogen-bond donors (Lipinski definition) is 0. The topological polar surface area (TPSA) is 40.6 Å². The Morgan fingerprint density at radius 1 is 0.700 bits per heavy atom. The Morgan fingerprint density at radius 2 is 1.33 bits per heavy atom. The van der Waals surface area contributed by atoms with Gasteiger partial charge >= 0.3 is 0 Å². The highest BCUT2D eigenvalue weighted by Crippen LogP contribution is 2.35. The maximum atomic E-state index is 12.9. The lowest BCUT2D eigenvalue weighted by atomic mass is 9.91. The maximum absolute atomic E-state index is 12.9. The molecule has 2 saturated heterocycles. The molecule has 0 unspecified atom stereocenters. The highest BCUT2D eigenvalue weighted by molar-refractivity contribution is 7.88. The van der Waals surface area contributed by atoms with Gasteiger partial charge in [0.05, 0.1) is 5.75 Å². The summed E-state index contributed by atoms with van der Waals surface area (Å²) in [7, 11) is -3.26. The Morgan fingerprint density at radius 3 is 2.03 bits per heavy atom. The van der Waals surface area contributed by atoms with Crippen LogP contribution in [-0.2, 0) is 22.3 Å². The van der Waals surface area contributed by atoms with Crippen molar-refractivity contribution >= 4 is 10.0 Å². The molecular formula is C25H26N2O2S. The Hall–Kier alpha value is -2.47. The number of hydrogen-bond acceptors (Lipinski definition) is 3. The minimum Gasteiger partial charge on any atom is -0.294 e. The van der Waals surface area contributed by atoms with E-state index in [4.69, 9.17) is 0 Å². The van der Waals surface area contributed by atoms with E-state index in [0.29, 0.717) is 25.0 Å². The fourth-order valence-corrected chi connectivity index (χ4v) is 6.25. The molecule has 0 aliphatic carbocycles. The Labute approximate surface area is 178 Å². The molecular weight excluding hydrogens is 392 g/mol. The second-order valence-electron chi connectivity index (χ2n) is 8.38. The van der Waals surface area contributed by atoms with E-state index in [1.54, 1.807) is 4.31 Å². The summed E-state index contributed by atoms with van der Waals surface area (Å²) in [5.74, 6) is 0.549. The number of nitrogens with zero attached hydrogens (tertiary/aromatic N) is 2. The molecule has 2 aliphatic rings. The molecule has 0 amide bonds. The highest BCUT2D eigenvalue weighted by Gasteiger charge is 2.48. The van der Waals surface area contributed by atoms with Gasteiger partial charge in [-0.15, -0.1) is 0 Å². The van der Waals surface area contributed by atoms with E-state index in [-0.39, 0.29) is 5.75 Å². The van der Waals surface area contributed by atoms with E-state index >= 15 is 0 Å². The fraction of sp³-hybridized carbons (Fsp3) is 0.280. The molecule has 5 heteroatoms. The van der Waals surface area contributed by atoms with Gasteiger partial charge in [-0.25, -0.2) is 8.42 Å². The van der Waals surface area contributed by atoms with Crippen LogP contribution in [0.3, 0.4) is 0 Å². The molecule has 154 valence electrons. The largest absolute Gasteiger partial charge is 0.294 e. The Bertz CT molecular complexity index is 1100. The van der Waals surface area contributed by atoms with Gasteiger partial charge in [0.1, 0.15) is 0 Å². The smallest absolute Gasteiger partial charge is 0.218 e. The zero-order valence-corrected chi connectivity index (χ0v) is 17.7. The third-order valence-corrected chi connectivity index (χ3v) is 8.13. The molecule has 0 aromatic heterocycles. The summed E-state index contributed by atoms with van der Waals surface area (Å²) in [4.78, 5) is 2.42. The first kappa shape index (κ1) is 19.5. The van der Waals surface area contributed by atoms with Crippen molar-refractivity contribution in [1.82, 2.24) is 9.21 Å². The predicted molar refractivity (Wildman–Crippen MR) is 120 cm³/mol. The van der Waals surface area contributed by atoms with Gasteiger partial charge in [-0.05, 0) is 22.3 Å². The number of likely N-dealkylation sites (tertiary alicyclic amines) is 1. The van der Waals surface area contributed by atoms with Crippen molar-refractivity contribution in [2.45, 2.75) is 18.3 Å². The van der Waals surface area contributed by atoms with E-state index in [2.05, 4.69) is 53.4 Å². The van der Waals surface area contributed by atoms with Crippen LogP contribution < -0.4 is 0 Å². The third kappa shape index (κ3) is 3.93. The van der Waals surface area contributed by atoms with Gasteiger partial charge in [-0.2, -0.15) is 4.31 Å². The van der Waals surface area contributed by atoms with Crippen LogP contribution in [0.4, 0.5) is 0 Å². The van der Waals surface area contributed by atoms with Gasteiger partial charge in [0.2, 0.25) is 10.0 Å². The van der Waals surface area contributed by atoms with Crippen LogP contribution in [0.15, 0.2) is 84.9 Å². The molecule has 3 aromatic rings. The molecule has 30 heavy (non-hydrogen) atoms. The summed E-state index contributed by atoms with van der Waals surface area (Å²) in [6.07, 6.45) is 0. The van der Waals surface area contributed by atoms with E-state index in [1.165, 1.54) is 16.7 Å². The SMILES string of the molecule is O=S(=O)(Cc1ccccc1)N1C[C@H]2CN(Cc3ccc(-c4ccccc4)cc3)[C@@H]2C1. The second kappa shape index (κ2) is 7.99. The van der Waals surface area contributed by atoms with Gasteiger partial charge in [-0.1, -0.05) is 84.9 Å². The Kier molecular flexibility index (Phi) is 5.19. The zero-order chi connectivity index (χ0) is 20.6. The second-order valence-corrected chi connectivity index (χ2v) is 10.3. The molecule has 2 aliphatic heterocycles. The first-order chi connectivity index (χ1) is 14.6. The van der Waals surface area contributed by atoms with Crippen molar-refractivity contribution in [1.29, 1.82) is 0 Å². The highest BCUT2D eigenvalue weighted by atomic mass is 32.2. The summed E-state index contributed by atoms with van der Waals surface area (Å²) in [6.45, 7) is 3.12. The minimum absolute atomic E-state index is 0.0915.